The fourth-order valence-corrected chi connectivity index (χ4v) is 2.75. The van der Waals surface area contributed by atoms with Crippen LogP contribution in [0.4, 0.5) is 0 Å². The summed E-state index contributed by atoms with van der Waals surface area (Å²) in [4.78, 5) is 14.8. The van der Waals surface area contributed by atoms with Gasteiger partial charge in [-0.25, -0.2) is 0 Å². The lowest BCUT2D eigenvalue weighted by molar-refractivity contribution is 0.0692. The van der Waals surface area contributed by atoms with E-state index in [0.29, 0.717) is 6.04 Å². The van der Waals surface area contributed by atoms with Crippen LogP contribution in [0.15, 0.2) is 24.3 Å². The molecule has 1 aromatic rings. The van der Waals surface area contributed by atoms with Gasteiger partial charge in [-0.1, -0.05) is 13.8 Å². The molecule has 0 radical (unpaired) electrons. The first-order valence-electron chi connectivity index (χ1n) is 8.44. The van der Waals surface area contributed by atoms with E-state index in [-0.39, 0.29) is 24.4 Å². The van der Waals surface area contributed by atoms with Gasteiger partial charge in [0.15, 0.2) is 0 Å². The molecule has 0 bridgehead atoms. The molecule has 2 rings (SSSR count). The van der Waals surface area contributed by atoms with Crippen LogP contribution in [0, 0.1) is 0 Å². The maximum Gasteiger partial charge on any atom is 0.254 e. The third-order valence-electron chi connectivity index (χ3n) is 4.21. The molecule has 130 valence electrons. The highest BCUT2D eigenvalue weighted by Crippen LogP contribution is 2.18. The maximum absolute atomic E-state index is 12.8. The van der Waals surface area contributed by atoms with Gasteiger partial charge in [0.25, 0.3) is 5.91 Å². The van der Waals surface area contributed by atoms with Gasteiger partial charge >= 0.3 is 0 Å². The second-order valence-electron chi connectivity index (χ2n) is 6.01. The lowest BCUT2D eigenvalue weighted by Crippen LogP contribution is -2.42. The Hall–Kier alpha value is -1.26. The fourth-order valence-electron chi connectivity index (χ4n) is 2.75. The molecule has 0 spiro atoms. The summed E-state index contributed by atoms with van der Waals surface area (Å²) in [6.45, 7) is 8.98. The van der Waals surface area contributed by atoms with Crippen molar-refractivity contribution < 1.29 is 9.53 Å². The van der Waals surface area contributed by atoms with Crippen LogP contribution in [-0.2, 0) is 0 Å². The van der Waals surface area contributed by atoms with Gasteiger partial charge in [0.05, 0.1) is 6.10 Å². The number of ether oxygens (including phenoxy) is 1. The molecule has 0 saturated carbocycles. The van der Waals surface area contributed by atoms with E-state index in [4.69, 9.17) is 4.74 Å². The Balaban J connectivity index is 0.00000264. The number of carbonyl (C=O) groups is 1. The van der Waals surface area contributed by atoms with E-state index in [1.807, 2.05) is 29.2 Å². The predicted octanol–water partition coefficient (Wildman–Crippen LogP) is 3.50. The standard InChI is InChI=1S/C18H28N2O2.ClH/c1-4-12-20(16-10-11-19-13-16)18(21)15-6-8-17(9-7-15)22-14(3)5-2;/h6-9,14,16,19H,4-5,10-13H2,1-3H3;1H. The first kappa shape index (κ1) is 19.8. The highest BCUT2D eigenvalue weighted by atomic mass is 35.5. The average Bonchev–Trinajstić information content (AvgIpc) is 3.06. The molecule has 23 heavy (non-hydrogen) atoms. The highest BCUT2D eigenvalue weighted by Gasteiger charge is 2.26. The van der Waals surface area contributed by atoms with Crippen molar-refractivity contribution in [3.63, 3.8) is 0 Å². The second-order valence-corrected chi connectivity index (χ2v) is 6.01. The first-order chi connectivity index (χ1) is 10.7. The van der Waals surface area contributed by atoms with Crippen molar-refractivity contribution in [2.75, 3.05) is 19.6 Å². The van der Waals surface area contributed by atoms with E-state index < -0.39 is 0 Å². The lowest BCUT2D eigenvalue weighted by atomic mass is 10.1. The summed E-state index contributed by atoms with van der Waals surface area (Å²) in [5.74, 6) is 0.959. The van der Waals surface area contributed by atoms with Crippen LogP contribution in [0.1, 0.15) is 50.4 Å². The molecule has 1 fully saturated rings. The van der Waals surface area contributed by atoms with Gasteiger partial charge in [-0.15, -0.1) is 12.4 Å². The van der Waals surface area contributed by atoms with Crippen LogP contribution in [0.25, 0.3) is 0 Å². The summed E-state index contributed by atoms with van der Waals surface area (Å²) >= 11 is 0. The Bertz CT molecular complexity index is 472. The minimum absolute atomic E-state index is 0. The highest BCUT2D eigenvalue weighted by molar-refractivity contribution is 5.94. The molecule has 4 nitrogen and oxygen atoms in total. The van der Waals surface area contributed by atoms with E-state index in [2.05, 4.69) is 26.1 Å². The van der Waals surface area contributed by atoms with Crippen LogP contribution in [-0.4, -0.2) is 42.6 Å². The third kappa shape index (κ3) is 5.40. The molecule has 5 heteroatoms. The number of benzene rings is 1. The molecular weight excluding hydrogens is 312 g/mol. The fraction of sp³-hybridized carbons (Fsp3) is 0.611. The number of amides is 1. The Morgan fingerprint density at radius 1 is 1.35 bits per heavy atom. The monoisotopic (exact) mass is 340 g/mol. The summed E-state index contributed by atoms with van der Waals surface area (Å²) in [5.41, 5.74) is 0.747. The minimum Gasteiger partial charge on any atom is -0.491 e. The van der Waals surface area contributed by atoms with Crippen molar-refractivity contribution >= 4 is 18.3 Å². The number of rotatable bonds is 7. The van der Waals surface area contributed by atoms with E-state index in [0.717, 1.165) is 50.2 Å². The lowest BCUT2D eigenvalue weighted by Gasteiger charge is -2.28. The van der Waals surface area contributed by atoms with Gasteiger partial charge in [-0.3, -0.25) is 4.79 Å². The summed E-state index contributed by atoms with van der Waals surface area (Å²) in [5, 5.41) is 3.34. The Morgan fingerprint density at radius 2 is 2.04 bits per heavy atom. The summed E-state index contributed by atoms with van der Waals surface area (Å²) < 4.78 is 5.77. The molecule has 1 amide bonds. The second kappa shape index (κ2) is 9.78. The predicted molar refractivity (Wildman–Crippen MR) is 96.7 cm³/mol. The smallest absolute Gasteiger partial charge is 0.254 e. The van der Waals surface area contributed by atoms with Gasteiger partial charge in [-0.2, -0.15) is 0 Å². The molecule has 0 aliphatic carbocycles. The van der Waals surface area contributed by atoms with Crippen LogP contribution in [0.2, 0.25) is 0 Å². The number of halogens is 1. The molecule has 1 aromatic carbocycles. The Labute approximate surface area is 146 Å². The van der Waals surface area contributed by atoms with Crippen molar-refractivity contribution in [2.45, 2.75) is 52.2 Å². The summed E-state index contributed by atoms with van der Waals surface area (Å²) in [6.07, 6.45) is 3.20. The van der Waals surface area contributed by atoms with Gasteiger partial charge in [0.1, 0.15) is 5.75 Å². The zero-order valence-electron chi connectivity index (χ0n) is 14.4. The van der Waals surface area contributed by atoms with Gasteiger partial charge in [0.2, 0.25) is 0 Å². The number of nitrogens with one attached hydrogen (secondary N) is 1. The number of hydrogen-bond acceptors (Lipinski definition) is 3. The van der Waals surface area contributed by atoms with Crippen molar-refractivity contribution in [1.82, 2.24) is 10.2 Å². The quantitative estimate of drug-likeness (QED) is 0.826. The van der Waals surface area contributed by atoms with Crippen LogP contribution in [0.3, 0.4) is 0 Å². The van der Waals surface area contributed by atoms with E-state index in [1.165, 1.54) is 0 Å². The van der Waals surface area contributed by atoms with Crippen LogP contribution < -0.4 is 10.1 Å². The Morgan fingerprint density at radius 3 is 2.57 bits per heavy atom. The third-order valence-corrected chi connectivity index (χ3v) is 4.21. The van der Waals surface area contributed by atoms with Crippen molar-refractivity contribution in [3.8, 4) is 5.75 Å². The molecule has 2 unspecified atom stereocenters. The Kier molecular flexibility index (Phi) is 8.42. The molecular formula is C18H29ClN2O2. The zero-order valence-corrected chi connectivity index (χ0v) is 15.2. The van der Waals surface area contributed by atoms with Gasteiger partial charge in [0, 0.05) is 24.7 Å². The summed E-state index contributed by atoms with van der Waals surface area (Å²) in [7, 11) is 0. The average molecular weight is 341 g/mol. The topological polar surface area (TPSA) is 41.6 Å². The van der Waals surface area contributed by atoms with Gasteiger partial charge < -0.3 is 15.0 Å². The van der Waals surface area contributed by atoms with Gasteiger partial charge in [-0.05, 0) is 57.0 Å². The molecule has 1 N–H and O–H groups in total. The molecule has 1 aliphatic heterocycles. The van der Waals surface area contributed by atoms with Crippen LogP contribution in [0.5, 0.6) is 5.75 Å². The van der Waals surface area contributed by atoms with E-state index in [1.54, 1.807) is 0 Å². The zero-order chi connectivity index (χ0) is 15.9. The minimum atomic E-state index is 0. The molecule has 0 aromatic heterocycles. The van der Waals surface area contributed by atoms with Crippen molar-refractivity contribution in [2.24, 2.45) is 0 Å². The first-order valence-corrected chi connectivity index (χ1v) is 8.44. The number of hydrogen-bond donors (Lipinski definition) is 1. The number of nitrogens with zero attached hydrogens (tertiary/aromatic N) is 1. The SMILES string of the molecule is CCCN(C(=O)c1ccc(OC(C)CC)cc1)C1CCNC1.Cl. The van der Waals surface area contributed by atoms with Crippen molar-refractivity contribution in [3.05, 3.63) is 29.8 Å². The van der Waals surface area contributed by atoms with Crippen molar-refractivity contribution in [1.29, 1.82) is 0 Å². The van der Waals surface area contributed by atoms with E-state index >= 15 is 0 Å². The van der Waals surface area contributed by atoms with E-state index in [9.17, 15) is 4.79 Å². The molecule has 1 saturated heterocycles. The number of carbonyl (C=O) groups excluding carboxylic acids is 1. The molecule has 1 aliphatic rings. The largest absolute Gasteiger partial charge is 0.491 e. The maximum atomic E-state index is 12.8. The van der Waals surface area contributed by atoms with Crippen LogP contribution >= 0.6 is 12.4 Å². The normalized spacial score (nSPS) is 18.1. The molecule has 1 heterocycles. The molecule has 2 atom stereocenters. The summed E-state index contributed by atoms with van der Waals surface area (Å²) in [6, 6.07) is 7.88.